The fraction of sp³-hybridized carbons (Fsp3) is 0.158. The summed E-state index contributed by atoms with van der Waals surface area (Å²) in [5, 5.41) is 12.9. The van der Waals surface area contributed by atoms with Crippen LogP contribution in [0.25, 0.3) is 5.69 Å². The number of hydrogen-bond donors (Lipinski definition) is 1. The lowest BCUT2D eigenvalue weighted by atomic mass is 10.2. The first-order valence-corrected chi connectivity index (χ1v) is 9.51. The standard InChI is InChI=1S/C19H17N5O3S/c1-13-21-23-19(24(13)15-5-3-2-4-6-15)28-11-18(25)22-20-10-14-7-8-16-17(9-14)27-12-26-16/h2-10H,11-12H2,1H3,(H,22,25)/b20-10+. The average Bonchev–Trinajstić information content (AvgIpc) is 3.33. The van der Waals surface area contributed by atoms with Crippen LogP contribution in [0, 0.1) is 6.92 Å². The molecule has 1 aliphatic heterocycles. The fourth-order valence-corrected chi connectivity index (χ4v) is 3.44. The van der Waals surface area contributed by atoms with Gasteiger partial charge in [0, 0.05) is 5.69 Å². The van der Waals surface area contributed by atoms with Gasteiger partial charge in [-0.2, -0.15) is 5.10 Å². The topological polar surface area (TPSA) is 90.6 Å². The molecule has 0 fully saturated rings. The van der Waals surface area contributed by atoms with Gasteiger partial charge < -0.3 is 9.47 Å². The number of para-hydroxylation sites is 1. The van der Waals surface area contributed by atoms with Crippen molar-refractivity contribution in [1.29, 1.82) is 0 Å². The molecule has 3 aromatic rings. The maximum absolute atomic E-state index is 12.1. The van der Waals surface area contributed by atoms with Crippen LogP contribution in [0.3, 0.4) is 0 Å². The maximum Gasteiger partial charge on any atom is 0.250 e. The van der Waals surface area contributed by atoms with E-state index >= 15 is 0 Å². The van der Waals surface area contributed by atoms with E-state index in [0.717, 1.165) is 17.1 Å². The van der Waals surface area contributed by atoms with Gasteiger partial charge in [-0.05, 0) is 42.8 Å². The number of carbonyl (C=O) groups excluding carboxylic acids is 1. The summed E-state index contributed by atoms with van der Waals surface area (Å²) >= 11 is 1.30. The van der Waals surface area contributed by atoms with Crippen LogP contribution >= 0.6 is 11.8 Å². The van der Waals surface area contributed by atoms with Crippen molar-refractivity contribution >= 4 is 23.9 Å². The summed E-state index contributed by atoms with van der Waals surface area (Å²) in [6.45, 7) is 2.09. The number of aromatic nitrogens is 3. The number of ether oxygens (including phenoxy) is 2. The third kappa shape index (κ3) is 3.99. The summed E-state index contributed by atoms with van der Waals surface area (Å²) in [7, 11) is 0. The Morgan fingerprint density at radius 3 is 2.89 bits per heavy atom. The highest BCUT2D eigenvalue weighted by Crippen LogP contribution is 2.31. The van der Waals surface area contributed by atoms with E-state index in [1.807, 2.05) is 47.9 Å². The predicted octanol–water partition coefficient (Wildman–Crippen LogP) is 2.55. The lowest BCUT2D eigenvalue weighted by Crippen LogP contribution is -2.20. The van der Waals surface area contributed by atoms with Crippen molar-refractivity contribution in [3.8, 4) is 17.2 Å². The molecule has 2 aromatic carbocycles. The molecule has 0 saturated carbocycles. The number of hydrogen-bond acceptors (Lipinski definition) is 7. The van der Waals surface area contributed by atoms with Crippen molar-refractivity contribution in [2.45, 2.75) is 12.1 Å². The molecule has 0 bridgehead atoms. The Morgan fingerprint density at radius 2 is 2.04 bits per heavy atom. The maximum atomic E-state index is 12.1. The van der Waals surface area contributed by atoms with Crippen molar-refractivity contribution in [3.05, 3.63) is 59.9 Å². The summed E-state index contributed by atoms with van der Waals surface area (Å²) in [4.78, 5) is 12.1. The molecule has 0 unspecified atom stereocenters. The summed E-state index contributed by atoms with van der Waals surface area (Å²) < 4.78 is 12.5. The van der Waals surface area contributed by atoms with Crippen LogP contribution in [0.4, 0.5) is 0 Å². The Bertz CT molecular complexity index is 1020. The lowest BCUT2D eigenvalue weighted by molar-refractivity contribution is -0.118. The van der Waals surface area contributed by atoms with Gasteiger partial charge in [-0.25, -0.2) is 5.43 Å². The van der Waals surface area contributed by atoms with Crippen molar-refractivity contribution in [1.82, 2.24) is 20.2 Å². The molecule has 9 heteroatoms. The van der Waals surface area contributed by atoms with Gasteiger partial charge in [0.2, 0.25) is 6.79 Å². The number of thioether (sulfide) groups is 1. The zero-order valence-corrected chi connectivity index (χ0v) is 15.8. The Morgan fingerprint density at radius 1 is 1.21 bits per heavy atom. The Hall–Kier alpha value is -3.33. The summed E-state index contributed by atoms with van der Waals surface area (Å²) in [5.74, 6) is 2.07. The number of benzene rings is 2. The molecule has 1 aromatic heterocycles. The molecule has 1 amide bonds. The van der Waals surface area contributed by atoms with Crippen LogP contribution in [-0.4, -0.2) is 39.4 Å². The Kier molecular flexibility index (Phi) is 5.24. The van der Waals surface area contributed by atoms with Crippen molar-refractivity contribution in [3.63, 3.8) is 0 Å². The van der Waals surface area contributed by atoms with Crippen molar-refractivity contribution in [2.24, 2.45) is 5.10 Å². The summed E-state index contributed by atoms with van der Waals surface area (Å²) in [6.07, 6.45) is 1.56. The molecule has 0 aliphatic carbocycles. The monoisotopic (exact) mass is 395 g/mol. The van der Waals surface area contributed by atoms with Gasteiger partial charge in [-0.3, -0.25) is 9.36 Å². The fourth-order valence-electron chi connectivity index (χ4n) is 2.65. The molecular formula is C19H17N5O3S. The van der Waals surface area contributed by atoms with Crippen molar-refractivity contribution in [2.75, 3.05) is 12.5 Å². The normalized spacial score (nSPS) is 12.5. The molecule has 1 aliphatic rings. The highest BCUT2D eigenvalue weighted by atomic mass is 32.2. The highest BCUT2D eigenvalue weighted by Gasteiger charge is 2.14. The summed E-state index contributed by atoms with van der Waals surface area (Å²) in [6, 6.07) is 15.2. The van der Waals surface area contributed by atoms with Crippen LogP contribution in [-0.2, 0) is 4.79 Å². The molecule has 142 valence electrons. The smallest absolute Gasteiger partial charge is 0.250 e. The number of amides is 1. The molecule has 4 rings (SSSR count). The van der Waals surface area contributed by atoms with Gasteiger partial charge >= 0.3 is 0 Å². The zero-order chi connectivity index (χ0) is 19.3. The van der Waals surface area contributed by atoms with Crippen LogP contribution in [0.5, 0.6) is 11.5 Å². The van der Waals surface area contributed by atoms with E-state index in [4.69, 9.17) is 9.47 Å². The Labute approximate surface area is 165 Å². The summed E-state index contributed by atoms with van der Waals surface area (Å²) in [5.41, 5.74) is 4.27. The zero-order valence-electron chi connectivity index (χ0n) is 15.0. The van der Waals surface area contributed by atoms with E-state index in [-0.39, 0.29) is 18.5 Å². The minimum Gasteiger partial charge on any atom is -0.454 e. The second-order valence-corrected chi connectivity index (χ2v) is 6.84. The molecule has 0 spiro atoms. The van der Waals surface area contributed by atoms with E-state index in [0.29, 0.717) is 16.7 Å². The number of aryl methyl sites for hydroxylation is 1. The third-order valence-corrected chi connectivity index (χ3v) is 4.87. The molecular weight excluding hydrogens is 378 g/mol. The first-order chi connectivity index (χ1) is 13.7. The molecule has 1 N–H and O–H groups in total. The second-order valence-electron chi connectivity index (χ2n) is 5.90. The number of nitrogens with one attached hydrogen (secondary N) is 1. The van der Waals surface area contributed by atoms with E-state index in [1.165, 1.54) is 11.8 Å². The quantitative estimate of drug-likeness (QED) is 0.392. The number of fused-ring (bicyclic) bond motifs is 1. The van der Waals surface area contributed by atoms with Crippen LogP contribution < -0.4 is 14.9 Å². The van der Waals surface area contributed by atoms with Crippen LogP contribution in [0.1, 0.15) is 11.4 Å². The SMILES string of the molecule is Cc1nnc(SCC(=O)N/N=C/c2ccc3c(c2)OCO3)n1-c1ccccc1. The first kappa shape index (κ1) is 18.1. The van der Waals surface area contributed by atoms with E-state index < -0.39 is 0 Å². The number of hydrazone groups is 1. The third-order valence-electron chi connectivity index (χ3n) is 3.94. The van der Waals surface area contributed by atoms with Gasteiger partial charge in [0.1, 0.15) is 5.82 Å². The van der Waals surface area contributed by atoms with Gasteiger partial charge in [-0.15, -0.1) is 10.2 Å². The number of carbonyl (C=O) groups is 1. The average molecular weight is 395 g/mol. The minimum absolute atomic E-state index is 0.170. The lowest BCUT2D eigenvalue weighted by Gasteiger charge is -2.07. The van der Waals surface area contributed by atoms with Crippen molar-refractivity contribution < 1.29 is 14.3 Å². The Balaban J connectivity index is 1.34. The van der Waals surface area contributed by atoms with Gasteiger partial charge in [0.25, 0.3) is 5.91 Å². The van der Waals surface area contributed by atoms with E-state index in [2.05, 4.69) is 20.7 Å². The minimum atomic E-state index is -0.234. The largest absolute Gasteiger partial charge is 0.454 e. The molecule has 0 atom stereocenters. The molecule has 0 saturated heterocycles. The molecule has 0 radical (unpaired) electrons. The number of nitrogens with zero attached hydrogens (tertiary/aromatic N) is 4. The van der Waals surface area contributed by atoms with Gasteiger partial charge in [0.15, 0.2) is 16.7 Å². The van der Waals surface area contributed by atoms with Gasteiger partial charge in [0.05, 0.1) is 12.0 Å². The second kappa shape index (κ2) is 8.13. The van der Waals surface area contributed by atoms with E-state index in [1.54, 1.807) is 18.3 Å². The van der Waals surface area contributed by atoms with Crippen LogP contribution in [0.15, 0.2) is 58.8 Å². The molecule has 8 nitrogen and oxygen atoms in total. The predicted molar refractivity (Wildman–Crippen MR) is 105 cm³/mol. The van der Waals surface area contributed by atoms with Crippen LogP contribution in [0.2, 0.25) is 0 Å². The number of rotatable bonds is 6. The first-order valence-electron chi connectivity index (χ1n) is 8.52. The highest BCUT2D eigenvalue weighted by molar-refractivity contribution is 7.99. The molecule has 2 heterocycles. The van der Waals surface area contributed by atoms with E-state index in [9.17, 15) is 4.79 Å². The van der Waals surface area contributed by atoms with Gasteiger partial charge in [-0.1, -0.05) is 30.0 Å². The molecule has 28 heavy (non-hydrogen) atoms.